The van der Waals surface area contributed by atoms with E-state index in [1.807, 2.05) is 6.07 Å². The van der Waals surface area contributed by atoms with E-state index in [1.54, 1.807) is 6.07 Å². The molecule has 1 aliphatic heterocycles. The van der Waals surface area contributed by atoms with E-state index in [0.29, 0.717) is 18.8 Å². The Bertz CT molecular complexity index is 569. The molecule has 8 heteroatoms. The monoisotopic (exact) mass is 276 g/mol. The third-order valence-electron chi connectivity index (χ3n) is 2.81. The van der Waals surface area contributed by atoms with Gasteiger partial charge in [0.05, 0.1) is 24.1 Å². The summed E-state index contributed by atoms with van der Waals surface area (Å²) < 4.78 is 5.14. The van der Waals surface area contributed by atoms with E-state index in [4.69, 9.17) is 10.00 Å². The molecule has 0 bridgehead atoms. The smallest absolute Gasteiger partial charge is 0.322 e. The van der Waals surface area contributed by atoms with Crippen molar-refractivity contribution >= 4 is 17.4 Å². The predicted molar refractivity (Wildman–Crippen MR) is 69.0 cm³/mol. The summed E-state index contributed by atoms with van der Waals surface area (Å²) in [5.41, 5.74) is 0.240. The third kappa shape index (κ3) is 3.21. The lowest BCUT2D eigenvalue weighted by molar-refractivity contribution is -0.384. The minimum Gasteiger partial charge on any atom is -0.360 e. The summed E-state index contributed by atoms with van der Waals surface area (Å²) in [4.78, 5) is 23.6. The molecule has 0 saturated carbocycles. The van der Waals surface area contributed by atoms with Crippen LogP contribution >= 0.6 is 0 Å². The summed E-state index contributed by atoms with van der Waals surface area (Å²) >= 11 is 0. The number of amides is 2. The second-order valence-corrected chi connectivity index (χ2v) is 4.17. The van der Waals surface area contributed by atoms with Gasteiger partial charge < -0.3 is 15.0 Å². The van der Waals surface area contributed by atoms with Crippen molar-refractivity contribution in [2.75, 3.05) is 25.0 Å². The van der Waals surface area contributed by atoms with Crippen molar-refractivity contribution in [1.29, 1.82) is 5.26 Å². The topological polar surface area (TPSA) is 109 Å². The largest absolute Gasteiger partial charge is 0.360 e. The van der Waals surface area contributed by atoms with Gasteiger partial charge in [-0.25, -0.2) is 4.79 Å². The molecule has 0 aliphatic carbocycles. The van der Waals surface area contributed by atoms with E-state index in [-0.39, 0.29) is 12.2 Å². The number of nitrogens with zero attached hydrogens (tertiary/aromatic N) is 3. The fourth-order valence-corrected chi connectivity index (χ4v) is 1.81. The first-order chi connectivity index (χ1) is 9.60. The number of urea groups is 1. The molecule has 1 atom stereocenters. The fourth-order valence-electron chi connectivity index (χ4n) is 1.81. The van der Waals surface area contributed by atoms with Crippen LogP contribution in [0.2, 0.25) is 0 Å². The van der Waals surface area contributed by atoms with Crippen LogP contribution < -0.4 is 5.32 Å². The first-order valence-corrected chi connectivity index (χ1v) is 5.92. The molecule has 1 unspecified atom stereocenters. The van der Waals surface area contributed by atoms with Crippen LogP contribution in [0.15, 0.2) is 24.3 Å². The van der Waals surface area contributed by atoms with Crippen molar-refractivity contribution in [2.45, 2.75) is 6.10 Å². The number of anilines is 1. The van der Waals surface area contributed by atoms with Crippen LogP contribution in [0.5, 0.6) is 0 Å². The van der Waals surface area contributed by atoms with Gasteiger partial charge in [0.25, 0.3) is 5.69 Å². The predicted octanol–water partition coefficient (Wildman–Crippen LogP) is 1.35. The Labute approximate surface area is 114 Å². The second kappa shape index (κ2) is 5.99. The van der Waals surface area contributed by atoms with Gasteiger partial charge in [-0.15, -0.1) is 0 Å². The summed E-state index contributed by atoms with van der Waals surface area (Å²) in [5, 5.41) is 22.0. The number of nitrogens with one attached hydrogen (secondary N) is 1. The quantitative estimate of drug-likeness (QED) is 0.647. The number of hydrogen-bond acceptors (Lipinski definition) is 5. The SMILES string of the molecule is N#CC1CN(C(=O)Nc2cccc([N+](=O)[O-])c2)CCO1. The molecular formula is C12H12N4O4. The minimum atomic E-state index is -0.639. The highest BCUT2D eigenvalue weighted by molar-refractivity contribution is 5.89. The maximum absolute atomic E-state index is 12.0. The Morgan fingerprint density at radius 1 is 1.60 bits per heavy atom. The molecule has 0 aromatic heterocycles. The van der Waals surface area contributed by atoms with E-state index in [0.717, 1.165) is 0 Å². The lowest BCUT2D eigenvalue weighted by atomic mass is 10.3. The molecule has 20 heavy (non-hydrogen) atoms. The molecule has 2 amide bonds. The van der Waals surface area contributed by atoms with Crippen molar-refractivity contribution in [3.05, 3.63) is 34.4 Å². The number of hydrogen-bond donors (Lipinski definition) is 1. The molecule has 8 nitrogen and oxygen atoms in total. The van der Waals surface area contributed by atoms with E-state index in [9.17, 15) is 14.9 Å². The van der Waals surface area contributed by atoms with Crippen LogP contribution in [0.1, 0.15) is 0 Å². The highest BCUT2D eigenvalue weighted by Gasteiger charge is 2.24. The van der Waals surface area contributed by atoms with E-state index in [1.165, 1.54) is 23.1 Å². The zero-order valence-electron chi connectivity index (χ0n) is 10.5. The molecule has 0 spiro atoms. The fraction of sp³-hybridized carbons (Fsp3) is 0.333. The highest BCUT2D eigenvalue weighted by Crippen LogP contribution is 2.17. The standard InChI is InChI=1S/C12H12N4O4/c13-7-11-8-15(4-5-20-11)12(17)14-9-2-1-3-10(6-9)16(18)19/h1-3,6,11H,4-5,8H2,(H,14,17). The molecule has 1 aromatic carbocycles. The summed E-state index contributed by atoms with van der Waals surface area (Å²) in [5.74, 6) is 0. The first kappa shape index (κ1) is 13.8. The first-order valence-electron chi connectivity index (χ1n) is 5.92. The van der Waals surface area contributed by atoms with Gasteiger partial charge in [0.2, 0.25) is 0 Å². The van der Waals surface area contributed by atoms with Gasteiger partial charge in [0, 0.05) is 24.4 Å². The Morgan fingerprint density at radius 2 is 2.40 bits per heavy atom. The maximum atomic E-state index is 12.0. The minimum absolute atomic E-state index is 0.0975. The van der Waals surface area contributed by atoms with Gasteiger partial charge in [-0.2, -0.15) is 5.26 Å². The Balaban J connectivity index is 2.02. The van der Waals surface area contributed by atoms with Crippen molar-refractivity contribution in [2.24, 2.45) is 0 Å². The van der Waals surface area contributed by atoms with Crippen LogP contribution in [0.25, 0.3) is 0 Å². The van der Waals surface area contributed by atoms with Gasteiger partial charge >= 0.3 is 6.03 Å². The molecule has 1 fully saturated rings. The molecule has 2 rings (SSSR count). The number of morpholine rings is 1. The molecule has 1 aromatic rings. The third-order valence-corrected chi connectivity index (χ3v) is 2.81. The molecule has 0 radical (unpaired) electrons. The van der Waals surface area contributed by atoms with Crippen molar-refractivity contribution < 1.29 is 14.5 Å². The molecule has 1 aliphatic rings. The van der Waals surface area contributed by atoms with Gasteiger partial charge in [0.15, 0.2) is 6.10 Å². The van der Waals surface area contributed by atoms with Gasteiger partial charge in [-0.05, 0) is 6.07 Å². The van der Waals surface area contributed by atoms with Crippen LogP contribution in [-0.4, -0.2) is 41.7 Å². The summed E-state index contributed by atoms with van der Waals surface area (Å²) in [6.07, 6.45) is -0.639. The van der Waals surface area contributed by atoms with E-state index >= 15 is 0 Å². The average Bonchev–Trinajstić information content (AvgIpc) is 2.47. The number of benzene rings is 1. The molecule has 1 saturated heterocycles. The number of carbonyl (C=O) groups excluding carboxylic acids is 1. The van der Waals surface area contributed by atoms with Crippen LogP contribution in [0.3, 0.4) is 0 Å². The van der Waals surface area contributed by atoms with E-state index < -0.39 is 17.1 Å². The molecular weight excluding hydrogens is 264 g/mol. The maximum Gasteiger partial charge on any atom is 0.322 e. The lowest BCUT2D eigenvalue weighted by Crippen LogP contribution is -2.46. The Kier molecular flexibility index (Phi) is 4.12. The number of ether oxygens (including phenoxy) is 1. The number of carbonyl (C=O) groups is 1. The van der Waals surface area contributed by atoms with Crippen LogP contribution in [0, 0.1) is 21.4 Å². The zero-order chi connectivity index (χ0) is 14.5. The summed E-state index contributed by atoms with van der Waals surface area (Å²) in [6, 6.07) is 7.21. The summed E-state index contributed by atoms with van der Waals surface area (Å²) in [6.45, 7) is 0.844. The number of non-ortho nitro benzene ring substituents is 1. The zero-order valence-corrected chi connectivity index (χ0v) is 10.5. The van der Waals surface area contributed by atoms with Crippen LogP contribution in [0.4, 0.5) is 16.2 Å². The molecule has 104 valence electrons. The number of nitriles is 1. The van der Waals surface area contributed by atoms with Crippen molar-refractivity contribution in [1.82, 2.24) is 4.90 Å². The van der Waals surface area contributed by atoms with E-state index in [2.05, 4.69) is 5.32 Å². The normalized spacial score (nSPS) is 18.1. The molecule has 1 N–H and O–H groups in total. The Morgan fingerprint density at radius 3 is 3.10 bits per heavy atom. The number of nitro benzene ring substituents is 1. The average molecular weight is 276 g/mol. The molecule has 1 heterocycles. The summed E-state index contributed by atoms with van der Waals surface area (Å²) in [7, 11) is 0. The van der Waals surface area contributed by atoms with Crippen molar-refractivity contribution in [3.63, 3.8) is 0 Å². The highest BCUT2D eigenvalue weighted by atomic mass is 16.6. The lowest BCUT2D eigenvalue weighted by Gasteiger charge is -2.29. The van der Waals surface area contributed by atoms with Crippen LogP contribution in [-0.2, 0) is 4.74 Å². The van der Waals surface area contributed by atoms with Gasteiger partial charge in [-0.3, -0.25) is 10.1 Å². The number of nitro groups is 1. The second-order valence-electron chi connectivity index (χ2n) is 4.17. The number of rotatable bonds is 2. The van der Waals surface area contributed by atoms with Gasteiger partial charge in [-0.1, -0.05) is 6.07 Å². The van der Waals surface area contributed by atoms with Gasteiger partial charge in [0.1, 0.15) is 0 Å². The van der Waals surface area contributed by atoms with Crippen molar-refractivity contribution in [3.8, 4) is 6.07 Å². The Hall–Kier alpha value is -2.66.